The van der Waals surface area contributed by atoms with Crippen molar-refractivity contribution in [3.8, 4) is 0 Å². The molecule has 2 rings (SSSR count). The van der Waals surface area contributed by atoms with Crippen LogP contribution in [0.25, 0.3) is 0 Å². The SMILES string of the molecule is CCc1cc(C(=O)N2CC(C)CC2C)cc(N)n1. The van der Waals surface area contributed by atoms with E-state index in [0.717, 1.165) is 25.1 Å². The van der Waals surface area contributed by atoms with Crippen molar-refractivity contribution in [2.24, 2.45) is 5.92 Å². The molecule has 0 saturated carbocycles. The molecule has 2 unspecified atom stereocenters. The van der Waals surface area contributed by atoms with Crippen molar-refractivity contribution in [3.05, 3.63) is 23.4 Å². The van der Waals surface area contributed by atoms with Gasteiger partial charge < -0.3 is 10.6 Å². The largest absolute Gasteiger partial charge is 0.384 e. The number of nitrogens with two attached hydrogens (primary N) is 1. The number of pyridine rings is 1. The molecule has 0 bridgehead atoms. The number of anilines is 1. The van der Waals surface area contributed by atoms with Gasteiger partial charge in [0.2, 0.25) is 0 Å². The molecule has 0 spiro atoms. The molecule has 1 aliphatic rings. The maximum atomic E-state index is 12.5. The first-order valence-corrected chi connectivity index (χ1v) is 6.58. The van der Waals surface area contributed by atoms with Gasteiger partial charge in [0.25, 0.3) is 5.91 Å². The predicted molar refractivity (Wildman–Crippen MR) is 72.3 cm³/mol. The normalized spacial score (nSPS) is 23.4. The number of aryl methyl sites for hydroxylation is 1. The Labute approximate surface area is 108 Å². The van der Waals surface area contributed by atoms with E-state index in [1.165, 1.54) is 0 Å². The third-order valence-electron chi connectivity index (χ3n) is 3.55. The van der Waals surface area contributed by atoms with Crippen molar-refractivity contribution < 1.29 is 4.79 Å². The Bertz CT molecular complexity index is 458. The van der Waals surface area contributed by atoms with Crippen LogP contribution < -0.4 is 5.73 Å². The van der Waals surface area contributed by atoms with Crippen molar-refractivity contribution in [1.82, 2.24) is 9.88 Å². The highest BCUT2D eigenvalue weighted by Gasteiger charge is 2.30. The molecular formula is C14H21N3O. The molecule has 1 amide bonds. The Morgan fingerprint density at radius 1 is 1.50 bits per heavy atom. The van der Waals surface area contributed by atoms with Gasteiger partial charge in [-0.2, -0.15) is 0 Å². The first kappa shape index (κ1) is 12.9. The molecule has 1 aromatic heterocycles. The molecule has 4 nitrogen and oxygen atoms in total. The van der Waals surface area contributed by atoms with E-state index in [2.05, 4.69) is 18.8 Å². The molecule has 1 fully saturated rings. The standard InChI is InChI=1S/C14H21N3O/c1-4-12-6-11(7-13(15)16-12)14(18)17-8-9(2)5-10(17)3/h6-7,9-10H,4-5,8H2,1-3H3,(H2,15,16). The quantitative estimate of drug-likeness (QED) is 0.870. The van der Waals surface area contributed by atoms with Crippen LogP contribution in [0.1, 0.15) is 43.2 Å². The Hall–Kier alpha value is -1.58. The number of likely N-dealkylation sites (tertiary alicyclic amines) is 1. The lowest BCUT2D eigenvalue weighted by Gasteiger charge is -2.21. The number of aromatic nitrogens is 1. The summed E-state index contributed by atoms with van der Waals surface area (Å²) in [7, 11) is 0. The molecule has 2 N–H and O–H groups in total. The zero-order valence-corrected chi connectivity index (χ0v) is 11.3. The van der Waals surface area contributed by atoms with Gasteiger partial charge in [0, 0.05) is 23.8 Å². The van der Waals surface area contributed by atoms with Gasteiger partial charge in [-0.05, 0) is 37.8 Å². The summed E-state index contributed by atoms with van der Waals surface area (Å²) in [5.74, 6) is 1.09. The minimum atomic E-state index is 0.0793. The summed E-state index contributed by atoms with van der Waals surface area (Å²) in [6.07, 6.45) is 1.87. The fourth-order valence-corrected chi connectivity index (χ4v) is 2.66. The zero-order valence-electron chi connectivity index (χ0n) is 11.3. The van der Waals surface area contributed by atoms with Gasteiger partial charge in [0.1, 0.15) is 5.82 Å². The van der Waals surface area contributed by atoms with Crippen molar-refractivity contribution in [2.45, 2.75) is 39.7 Å². The van der Waals surface area contributed by atoms with Gasteiger partial charge in [-0.1, -0.05) is 13.8 Å². The van der Waals surface area contributed by atoms with Crippen LogP contribution in [0.2, 0.25) is 0 Å². The first-order chi connectivity index (χ1) is 8.51. The van der Waals surface area contributed by atoms with Crippen molar-refractivity contribution >= 4 is 11.7 Å². The summed E-state index contributed by atoms with van der Waals surface area (Å²) in [5, 5.41) is 0. The summed E-state index contributed by atoms with van der Waals surface area (Å²) < 4.78 is 0. The van der Waals surface area contributed by atoms with Crippen LogP contribution in [-0.2, 0) is 6.42 Å². The number of rotatable bonds is 2. The molecule has 0 aliphatic carbocycles. The molecule has 0 aromatic carbocycles. The highest BCUT2D eigenvalue weighted by molar-refractivity contribution is 5.95. The number of nitrogens with zero attached hydrogens (tertiary/aromatic N) is 2. The average molecular weight is 247 g/mol. The fourth-order valence-electron chi connectivity index (χ4n) is 2.66. The van der Waals surface area contributed by atoms with Crippen LogP contribution in [0.5, 0.6) is 0 Å². The molecule has 2 heterocycles. The molecule has 98 valence electrons. The van der Waals surface area contributed by atoms with Crippen LogP contribution in [0.4, 0.5) is 5.82 Å². The van der Waals surface area contributed by atoms with Crippen LogP contribution in [0, 0.1) is 5.92 Å². The van der Waals surface area contributed by atoms with E-state index >= 15 is 0 Å². The van der Waals surface area contributed by atoms with E-state index in [4.69, 9.17) is 5.73 Å². The Kier molecular flexibility index (Phi) is 3.55. The number of carbonyl (C=O) groups excluding carboxylic acids is 1. The number of carbonyl (C=O) groups is 1. The number of amides is 1. The summed E-state index contributed by atoms with van der Waals surface area (Å²) in [6.45, 7) is 7.13. The molecule has 0 radical (unpaired) electrons. The number of nitrogen functional groups attached to an aromatic ring is 1. The van der Waals surface area contributed by atoms with Gasteiger partial charge in [0.15, 0.2) is 0 Å². The molecule has 2 atom stereocenters. The van der Waals surface area contributed by atoms with Gasteiger partial charge >= 0.3 is 0 Å². The van der Waals surface area contributed by atoms with Crippen LogP contribution >= 0.6 is 0 Å². The van der Waals surface area contributed by atoms with Gasteiger partial charge in [-0.3, -0.25) is 4.79 Å². The summed E-state index contributed by atoms with van der Waals surface area (Å²) in [6, 6.07) is 3.85. The smallest absolute Gasteiger partial charge is 0.254 e. The van der Waals surface area contributed by atoms with Crippen molar-refractivity contribution in [1.29, 1.82) is 0 Å². The lowest BCUT2D eigenvalue weighted by atomic mass is 10.1. The Morgan fingerprint density at radius 3 is 2.78 bits per heavy atom. The highest BCUT2D eigenvalue weighted by Crippen LogP contribution is 2.24. The number of hydrogen-bond donors (Lipinski definition) is 1. The third-order valence-corrected chi connectivity index (χ3v) is 3.55. The summed E-state index contributed by atoms with van der Waals surface area (Å²) in [4.78, 5) is 18.6. The monoisotopic (exact) mass is 247 g/mol. The lowest BCUT2D eigenvalue weighted by Crippen LogP contribution is -2.34. The maximum absolute atomic E-state index is 12.5. The van der Waals surface area contributed by atoms with Gasteiger partial charge in [0.05, 0.1) is 0 Å². The Morgan fingerprint density at radius 2 is 2.22 bits per heavy atom. The maximum Gasteiger partial charge on any atom is 0.254 e. The molecule has 1 aromatic rings. The molecule has 4 heteroatoms. The Balaban J connectivity index is 2.26. The molecule has 18 heavy (non-hydrogen) atoms. The van der Waals surface area contributed by atoms with E-state index < -0.39 is 0 Å². The zero-order chi connectivity index (χ0) is 13.3. The first-order valence-electron chi connectivity index (χ1n) is 6.58. The topological polar surface area (TPSA) is 59.2 Å². The highest BCUT2D eigenvalue weighted by atomic mass is 16.2. The fraction of sp³-hybridized carbons (Fsp3) is 0.571. The minimum absolute atomic E-state index is 0.0793. The van der Waals surface area contributed by atoms with Gasteiger partial charge in [-0.15, -0.1) is 0 Å². The van der Waals surface area contributed by atoms with Crippen LogP contribution in [0.3, 0.4) is 0 Å². The lowest BCUT2D eigenvalue weighted by molar-refractivity contribution is 0.0743. The average Bonchev–Trinajstić information content (AvgIpc) is 2.66. The van der Waals surface area contributed by atoms with Crippen LogP contribution in [-0.4, -0.2) is 28.4 Å². The number of hydrogen-bond acceptors (Lipinski definition) is 3. The molecule has 1 aliphatic heterocycles. The summed E-state index contributed by atoms with van der Waals surface area (Å²) in [5.41, 5.74) is 7.29. The van der Waals surface area contributed by atoms with E-state index in [1.807, 2.05) is 17.9 Å². The minimum Gasteiger partial charge on any atom is -0.384 e. The second-order valence-corrected chi connectivity index (χ2v) is 5.27. The summed E-state index contributed by atoms with van der Waals surface area (Å²) >= 11 is 0. The van der Waals surface area contributed by atoms with E-state index in [1.54, 1.807) is 6.07 Å². The molecular weight excluding hydrogens is 226 g/mol. The third kappa shape index (κ3) is 2.47. The van der Waals surface area contributed by atoms with E-state index in [9.17, 15) is 4.79 Å². The molecule has 1 saturated heterocycles. The van der Waals surface area contributed by atoms with Gasteiger partial charge in [-0.25, -0.2) is 4.98 Å². The predicted octanol–water partition coefficient (Wildman–Crippen LogP) is 2.10. The second-order valence-electron chi connectivity index (χ2n) is 5.27. The van der Waals surface area contributed by atoms with Crippen molar-refractivity contribution in [2.75, 3.05) is 12.3 Å². The van der Waals surface area contributed by atoms with E-state index in [0.29, 0.717) is 23.3 Å². The van der Waals surface area contributed by atoms with E-state index in [-0.39, 0.29) is 5.91 Å². The van der Waals surface area contributed by atoms with Crippen molar-refractivity contribution in [3.63, 3.8) is 0 Å². The van der Waals surface area contributed by atoms with Crippen LogP contribution in [0.15, 0.2) is 12.1 Å². The second kappa shape index (κ2) is 4.96.